The fourth-order valence-electron chi connectivity index (χ4n) is 1.52. The van der Waals surface area contributed by atoms with E-state index in [4.69, 9.17) is 4.74 Å². The lowest BCUT2D eigenvalue weighted by atomic mass is 10.0. The van der Waals surface area contributed by atoms with Crippen LogP contribution in [0.15, 0.2) is 22.7 Å². The maximum absolute atomic E-state index is 5.65. The number of ether oxygens (including phenoxy) is 1. The first kappa shape index (κ1) is 13.0. The maximum Gasteiger partial charge on any atom is 0.212 e. The molecule has 1 aromatic heterocycles. The molecule has 1 aromatic carbocycles. The second-order valence-electron chi connectivity index (χ2n) is 4.33. The molecule has 0 aliphatic rings. The lowest BCUT2D eigenvalue weighted by Crippen LogP contribution is -2.00. The summed E-state index contributed by atoms with van der Waals surface area (Å²) in [7, 11) is 1.73. The molecule has 0 atom stereocenters. The van der Waals surface area contributed by atoms with Crippen LogP contribution < -0.4 is 4.74 Å². The predicted molar refractivity (Wildman–Crippen MR) is 71.4 cm³/mol. The van der Waals surface area contributed by atoms with E-state index in [9.17, 15) is 0 Å². The van der Waals surface area contributed by atoms with Crippen molar-refractivity contribution in [3.63, 3.8) is 0 Å². The van der Waals surface area contributed by atoms with Crippen LogP contribution >= 0.6 is 15.9 Å². The number of tetrazole rings is 1. The van der Waals surface area contributed by atoms with Crippen molar-refractivity contribution in [2.75, 3.05) is 0 Å². The van der Waals surface area contributed by atoms with E-state index in [0.29, 0.717) is 18.3 Å². The molecule has 1 heterocycles. The van der Waals surface area contributed by atoms with Crippen LogP contribution in [0.2, 0.25) is 0 Å². The molecular formula is C12H15BrN4O. The zero-order valence-corrected chi connectivity index (χ0v) is 12.2. The molecule has 0 N–H and O–H groups in total. The summed E-state index contributed by atoms with van der Waals surface area (Å²) in [6.07, 6.45) is 0. The first-order valence-electron chi connectivity index (χ1n) is 5.71. The van der Waals surface area contributed by atoms with E-state index in [1.807, 2.05) is 6.07 Å². The summed E-state index contributed by atoms with van der Waals surface area (Å²) in [5, 5.41) is 11.7. The van der Waals surface area contributed by atoms with E-state index >= 15 is 0 Å². The number of benzene rings is 1. The molecule has 0 fully saturated rings. The molecular weight excluding hydrogens is 296 g/mol. The molecule has 0 radical (unpaired) electrons. The maximum atomic E-state index is 5.65. The highest BCUT2D eigenvalue weighted by Crippen LogP contribution is 2.29. The average molecular weight is 311 g/mol. The van der Waals surface area contributed by atoms with Gasteiger partial charge < -0.3 is 4.74 Å². The van der Waals surface area contributed by atoms with Crippen LogP contribution in [-0.4, -0.2) is 20.2 Å². The highest BCUT2D eigenvalue weighted by atomic mass is 79.9. The minimum Gasteiger partial charge on any atom is -0.484 e. The number of rotatable bonds is 4. The van der Waals surface area contributed by atoms with Gasteiger partial charge >= 0.3 is 0 Å². The van der Waals surface area contributed by atoms with Gasteiger partial charge in [0.05, 0.1) is 11.5 Å². The van der Waals surface area contributed by atoms with E-state index in [1.165, 1.54) is 10.4 Å². The van der Waals surface area contributed by atoms with Crippen LogP contribution in [-0.2, 0) is 13.7 Å². The van der Waals surface area contributed by atoms with Gasteiger partial charge in [0.25, 0.3) is 0 Å². The Morgan fingerprint density at radius 2 is 2.17 bits per heavy atom. The number of hydrogen-bond donors (Lipinski definition) is 0. The van der Waals surface area contributed by atoms with Crippen LogP contribution in [0.3, 0.4) is 0 Å². The van der Waals surface area contributed by atoms with Crippen LogP contribution in [0.1, 0.15) is 31.2 Å². The Balaban J connectivity index is 2.05. The molecule has 0 saturated heterocycles. The molecule has 0 unspecified atom stereocenters. The van der Waals surface area contributed by atoms with Gasteiger partial charge in [0.2, 0.25) is 5.82 Å². The largest absolute Gasteiger partial charge is 0.484 e. The Morgan fingerprint density at radius 1 is 1.39 bits per heavy atom. The molecule has 0 amide bonds. The van der Waals surface area contributed by atoms with Crippen molar-refractivity contribution >= 4 is 15.9 Å². The fourth-order valence-corrected chi connectivity index (χ4v) is 2.03. The number of nitrogens with zero attached hydrogens (tertiary/aromatic N) is 4. The van der Waals surface area contributed by atoms with E-state index < -0.39 is 0 Å². The van der Waals surface area contributed by atoms with Crippen molar-refractivity contribution in [2.24, 2.45) is 7.05 Å². The number of aromatic nitrogens is 4. The Kier molecular flexibility index (Phi) is 3.96. The molecule has 2 aromatic rings. The van der Waals surface area contributed by atoms with Crippen LogP contribution in [0.5, 0.6) is 5.75 Å². The number of halogens is 1. The molecule has 0 bridgehead atoms. The van der Waals surface area contributed by atoms with Gasteiger partial charge in [0, 0.05) is 0 Å². The van der Waals surface area contributed by atoms with Crippen molar-refractivity contribution in [2.45, 2.75) is 26.4 Å². The summed E-state index contributed by atoms with van der Waals surface area (Å²) in [5.74, 6) is 1.85. The third kappa shape index (κ3) is 3.07. The van der Waals surface area contributed by atoms with Crippen molar-refractivity contribution in [1.29, 1.82) is 0 Å². The summed E-state index contributed by atoms with van der Waals surface area (Å²) in [4.78, 5) is 1.41. The Morgan fingerprint density at radius 3 is 2.72 bits per heavy atom. The van der Waals surface area contributed by atoms with Gasteiger partial charge in [0.1, 0.15) is 5.75 Å². The van der Waals surface area contributed by atoms with Crippen LogP contribution in [0.25, 0.3) is 0 Å². The zero-order valence-electron chi connectivity index (χ0n) is 10.6. The third-order valence-electron chi connectivity index (χ3n) is 2.53. The summed E-state index contributed by atoms with van der Waals surface area (Å²) < 4.78 is 6.59. The van der Waals surface area contributed by atoms with E-state index in [2.05, 4.69) is 57.3 Å². The van der Waals surface area contributed by atoms with Gasteiger partial charge in [-0.05, 0) is 44.8 Å². The highest BCUT2D eigenvalue weighted by Gasteiger charge is 2.07. The smallest absolute Gasteiger partial charge is 0.212 e. The molecule has 96 valence electrons. The molecule has 2 rings (SSSR count). The third-order valence-corrected chi connectivity index (χ3v) is 3.15. The molecule has 0 aliphatic heterocycles. The topological polar surface area (TPSA) is 52.8 Å². The van der Waals surface area contributed by atoms with Gasteiger partial charge in [-0.1, -0.05) is 19.9 Å². The van der Waals surface area contributed by atoms with Crippen molar-refractivity contribution in [3.05, 3.63) is 34.1 Å². The monoisotopic (exact) mass is 310 g/mol. The average Bonchev–Trinajstić information content (AvgIpc) is 2.73. The predicted octanol–water partition coefficient (Wildman–Crippen LogP) is 2.68. The Labute approximate surface area is 114 Å². The van der Waals surface area contributed by atoms with Crippen LogP contribution in [0, 0.1) is 0 Å². The van der Waals surface area contributed by atoms with Gasteiger partial charge in [-0.3, -0.25) is 0 Å². The first-order valence-corrected chi connectivity index (χ1v) is 6.50. The molecule has 0 saturated carbocycles. The van der Waals surface area contributed by atoms with Crippen molar-refractivity contribution in [3.8, 4) is 5.75 Å². The summed E-state index contributed by atoms with van der Waals surface area (Å²) in [6, 6.07) is 6.09. The molecule has 5 nitrogen and oxygen atoms in total. The summed E-state index contributed by atoms with van der Waals surface area (Å²) in [5.41, 5.74) is 1.27. The number of hydrogen-bond acceptors (Lipinski definition) is 4. The first-order chi connectivity index (χ1) is 8.56. The molecule has 0 spiro atoms. The fraction of sp³-hybridized carbons (Fsp3) is 0.417. The normalized spacial score (nSPS) is 10.9. The van der Waals surface area contributed by atoms with Gasteiger partial charge in [-0.15, -0.1) is 10.2 Å². The van der Waals surface area contributed by atoms with E-state index in [-0.39, 0.29) is 0 Å². The summed E-state index contributed by atoms with van der Waals surface area (Å²) in [6.45, 7) is 4.63. The highest BCUT2D eigenvalue weighted by molar-refractivity contribution is 9.10. The quantitative estimate of drug-likeness (QED) is 0.871. The Hall–Kier alpha value is -1.43. The van der Waals surface area contributed by atoms with Crippen molar-refractivity contribution < 1.29 is 4.74 Å². The number of aryl methyl sites for hydroxylation is 1. The van der Waals surface area contributed by atoms with Gasteiger partial charge in [0.15, 0.2) is 6.61 Å². The Bertz CT molecular complexity index is 539. The molecule has 6 heteroatoms. The second kappa shape index (κ2) is 5.48. The second-order valence-corrected chi connectivity index (χ2v) is 5.18. The van der Waals surface area contributed by atoms with Gasteiger partial charge in [-0.25, -0.2) is 0 Å². The van der Waals surface area contributed by atoms with Gasteiger partial charge in [-0.2, -0.15) is 4.80 Å². The lowest BCUT2D eigenvalue weighted by Gasteiger charge is -2.10. The minimum atomic E-state index is 0.313. The van der Waals surface area contributed by atoms with E-state index in [1.54, 1.807) is 7.05 Å². The standard InChI is InChI=1S/C12H15BrN4O/c1-8(2)9-4-5-11(10(13)6-9)18-7-12-14-16-17(3)15-12/h4-6,8H,7H2,1-3H3. The molecule has 18 heavy (non-hydrogen) atoms. The van der Waals surface area contributed by atoms with E-state index in [0.717, 1.165) is 10.2 Å². The zero-order chi connectivity index (χ0) is 13.1. The minimum absolute atomic E-state index is 0.313. The SMILES string of the molecule is CC(C)c1ccc(OCc2nnn(C)n2)c(Br)c1. The lowest BCUT2D eigenvalue weighted by molar-refractivity contribution is 0.293. The summed E-state index contributed by atoms with van der Waals surface area (Å²) >= 11 is 3.51. The van der Waals surface area contributed by atoms with Crippen LogP contribution in [0.4, 0.5) is 0 Å². The van der Waals surface area contributed by atoms with Crippen molar-refractivity contribution in [1.82, 2.24) is 20.2 Å². The molecule has 0 aliphatic carbocycles.